The van der Waals surface area contributed by atoms with Crippen LogP contribution in [-0.4, -0.2) is 17.7 Å². The van der Waals surface area contributed by atoms with Gasteiger partial charge in [0.25, 0.3) is 5.91 Å². The van der Waals surface area contributed by atoms with Crippen LogP contribution >= 0.6 is 11.6 Å². The molecule has 0 saturated heterocycles. The number of halogens is 1. The number of para-hydroxylation sites is 1. The molecule has 0 aliphatic rings. The molecule has 2 aromatic carbocycles. The van der Waals surface area contributed by atoms with E-state index < -0.39 is 17.7 Å². The maximum atomic E-state index is 11.9. The Morgan fingerprint density at radius 1 is 0.909 bits per heavy atom. The number of carbonyl (C=O) groups is 3. The van der Waals surface area contributed by atoms with Gasteiger partial charge in [-0.05, 0) is 36.4 Å². The van der Waals surface area contributed by atoms with E-state index in [-0.39, 0.29) is 11.3 Å². The van der Waals surface area contributed by atoms with Crippen molar-refractivity contribution >= 4 is 40.7 Å². The Morgan fingerprint density at radius 2 is 1.55 bits per heavy atom. The van der Waals surface area contributed by atoms with Gasteiger partial charge in [0, 0.05) is 16.4 Å². The van der Waals surface area contributed by atoms with Crippen molar-refractivity contribution in [1.29, 1.82) is 0 Å². The first kappa shape index (κ1) is 15.5. The second-order valence-corrected chi connectivity index (χ2v) is 4.77. The quantitative estimate of drug-likeness (QED) is 0.581. The fraction of sp³-hybridized carbons (Fsp3) is 0. The number of carbonyl (C=O) groups excluding carboxylic acids is 3. The van der Waals surface area contributed by atoms with E-state index in [1.54, 1.807) is 24.3 Å². The maximum Gasteiger partial charge on any atom is 0.316 e. The smallest absolute Gasteiger partial charge is 0.316 e. The molecule has 2 aromatic rings. The van der Waals surface area contributed by atoms with Crippen molar-refractivity contribution < 1.29 is 14.4 Å². The number of nitrogens with one attached hydrogen (secondary N) is 2. The molecule has 0 fully saturated rings. The minimum Gasteiger partial charge on any atom is -0.398 e. The number of anilines is 2. The van der Waals surface area contributed by atoms with Crippen LogP contribution in [0.1, 0.15) is 10.4 Å². The molecule has 0 unspecified atom stereocenters. The van der Waals surface area contributed by atoms with Gasteiger partial charge < -0.3 is 11.1 Å². The van der Waals surface area contributed by atoms with Gasteiger partial charge in [-0.2, -0.15) is 0 Å². The minimum absolute atomic E-state index is 0.121. The summed E-state index contributed by atoms with van der Waals surface area (Å²) in [5, 5.41) is 4.82. The molecule has 0 heterocycles. The topological polar surface area (TPSA) is 101 Å². The largest absolute Gasteiger partial charge is 0.398 e. The van der Waals surface area contributed by atoms with Gasteiger partial charge in [-0.15, -0.1) is 0 Å². The molecule has 112 valence electrons. The van der Waals surface area contributed by atoms with Crippen molar-refractivity contribution in [1.82, 2.24) is 5.32 Å². The van der Waals surface area contributed by atoms with E-state index in [0.29, 0.717) is 10.7 Å². The highest BCUT2D eigenvalue weighted by Gasteiger charge is 2.19. The average molecular weight is 318 g/mol. The van der Waals surface area contributed by atoms with E-state index in [9.17, 15) is 14.4 Å². The summed E-state index contributed by atoms with van der Waals surface area (Å²) in [6.45, 7) is 0. The molecule has 0 atom stereocenters. The summed E-state index contributed by atoms with van der Waals surface area (Å²) in [6.07, 6.45) is 0. The molecule has 22 heavy (non-hydrogen) atoms. The Balaban J connectivity index is 1.99. The number of hydrogen-bond acceptors (Lipinski definition) is 4. The van der Waals surface area contributed by atoms with Crippen LogP contribution in [-0.2, 0) is 9.59 Å². The normalized spacial score (nSPS) is 9.86. The van der Waals surface area contributed by atoms with Crippen LogP contribution in [0.25, 0.3) is 0 Å². The molecule has 0 aliphatic heterocycles. The Kier molecular flexibility index (Phi) is 4.75. The molecule has 0 aliphatic carbocycles. The fourth-order valence-electron chi connectivity index (χ4n) is 1.65. The van der Waals surface area contributed by atoms with Crippen molar-refractivity contribution in [3.05, 3.63) is 59.1 Å². The zero-order chi connectivity index (χ0) is 16.1. The Hall–Kier alpha value is -2.86. The Bertz CT molecular complexity index is 729. The summed E-state index contributed by atoms with van der Waals surface area (Å²) in [6, 6.07) is 12.4. The van der Waals surface area contributed by atoms with Gasteiger partial charge in [-0.3, -0.25) is 19.7 Å². The van der Waals surface area contributed by atoms with Gasteiger partial charge in [0.15, 0.2) is 0 Å². The molecule has 0 saturated carbocycles. The number of imide groups is 1. The highest BCUT2D eigenvalue weighted by atomic mass is 35.5. The third-order valence-corrected chi connectivity index (χ3v) is 2.99. The van der Waals surface area contributed by atoms with Gasteiger partial charge in [-0.1, -0.05) is 23.7 Å². The second kappa shape index (κ2) is 6.73. The first-order valence-electron chi connectivity index (χ1n) is 6.24. The summed E-state index contributed by atoms with van der Waals surface area (Å²) in [7, 11) is 0. The molecule has 7 heteroatoms. The molecule has 4 N–H and O–H groups in total. The molecule has 3 amide bonds. The molecule has 6 nitrogen and oxygen atoms in total. The summed E-state index contributed by atoms with van der Waals surface area (Å²) >= 11 is 5.71. The van der Waals surface area contributed by atoms with Crippen molar-refractivity contribution in [2.75, 3.05) is 11.1 Å². The molecular weight excluding hydrogens is 306 g/mol. The third-order valence-electron chi connectivity index (χ3n) is 2.74. The zero-order valence-electron chi connectivity index (χ0n) is 11.3. The van der Waals surface area contributed by atoms with Gasteiger partial charge in [0.05, 0.1) is 5.56 Å². The molecular formula is C15H12ClN3O3. The van der Waals surface area contributed by atoms with Gasteiger partial charge in [0.2, 0.25) is 0 Å². The standard InChI is InChI=1S/C15H12ClN3O3/c16-9-5-7-10(8-6-9)18-14(21)15(22)19-13(20)11-3-1-2-4-12(11)17/h1-8H,17H2,(H,18,21)(H,19,20,22). The van der Waals surface area contributed by atoms with E-state index in [0.717, 1.165) is 0 Å². The predicted molar refractivity (Wildman–Crippen MR) is 83.4 cm³/mol. The van der Waals surface area contributed by atoms with Crippen LogP contribution < -0.4 is 16.4 Å². The van der Waals surface area contributed by atoms with Crippen molar-refractivity contribution in [3.63, 3.8) is 0 Å². The summed E-state index contributed by atoms with van der Waals surface area (Å²) in [4.78, 5) is 35.3. The highest BCUT2D eigenvalue weighted by Crippen LogP contribution is 2.13. The SMILES string of the molecule is Nc1ccccc1C(=O)NC(=O)C(=O)Nc1ccc(Cl)cc1. The van der Waals surface area contributed by atoms with E-state index in [1.165, 1.54) is 24.3 Å². The molecule has 0 bridgehead atoms. The number of nitrogens with two attached hydrogens (primary N) is 1. The van der Waals surface area contributed by atoms with Gasteiger partial charge in [0.1, 0.15) is 0 Å². The molecule has 2 rings (SSSR count). The van der Waals surface area contributed by atoms with Crippen LogP contribution in [0.5, 0.6) is 0 Å². The highest BCUT2D eigenvalue weighted by molar-refractivity contribution is 6.42. The van der Waals surface area contributed by atoms with Gasteiger partial charge in [-0.25, -0.2) is 0 Å². The summed E-state index contributed by atoms with van der Waals surface area (Å²) in [5.74, 6) is -2.79. The fourth-order valence-corrected chi connectivity index (χ4v) is 1.78. The van der Waals surface area contributed by atoms with Crippen LogP contribution in [0.3, 0.4) is 0 Å². The van der Waals surface area contributed by atoms with Crippen LogP contribution in [0, 0.1) is 0 Å². The first-order chi connectivity index (χ1) is 10.5. The molecule has 0 radical (unpaired) electrons. The summed E-state index contributed by atoms with van der Waals surface area (Å²) < 4.78 is 0. The summed E-state index contributed by atoms with van der Waals surface area (Å²) in [5.41, 5.74) is 6.35. The molecule has 0 spiro atoms. The average Bonchev–Trinajstić information content (AvgIpc) is 2.49. The maximum absolute atomic E-state index is 11.9. The van der Waals surface area contributed by atoms with E-state index in [4.69, 9.17) is 17.3 Å². The van der Waals surface area contributed by atoms with E-state index >= 15 is 0 Å². The first-order valence-corrected chi connectivity index (χ1v) is 6.62. The lowest BCUT2D eigenvalue weighted by Crippen LogP contribution is -2.39. The van der Waals surface area contributed by atoms with Crippen molar-refractivity contribution in [2.45, 2.75) is 0 Å². The number of hydrogen-bond donors (Lipinski definition) is 3. The van der Waals surface area contributed by atoms with E-state index in [2.05, 4.69) is 5.32 Å². The van der Waals surface area contributed by atoms with Crippen molar-refractivity contribution in [3.8, 4) is 0 Å². The van der Waals surface area contributed by atoms with Crippen LogP contribution in [0.15, 0.2) is 48.5 Å². The zero-order valence-corrected chi connectivity index (χ0v) is 12.1. The van der Waals surface area contributed by atoms with Crippen LogP contribution in [0.4, 0.5) is 11.4 Å². The van der Waals surface area contributed by atoms with E-state index in [1.807, 2.05) is 5.32 Å². The van der Waals surface area contributed by atoms with Crippen molar-refractivity contribution in [2.24, 2.45) is 0 Å². The number of rotatable bonds is 2. The number of nitrogen functional groups attached to an aromatic ring is 1. The lowest BCUT2D eigenvalue weighted by molar-refractivity contribution is -0.135. The molecule has 0 aromatic heterocycles. The lowest BCUT2D eigenvalue weighted by Gasteiger charge is -2.07. The second-order valence-electron chi connectivity index (χ2n) is 4.33. The van der Waals surface area contributed by atoms with Gasteiger partial charge >= 0.3 is 11.8 Å². The number of benzene rings is 2. The predicted octanol–water partition coefficient (Wildman–Crippen LogP) is 1.82. The monoisotopic (exact) mass is 317 g/mol. The lowest BCUT2D eigenvalue weighted by atomic mass is 10.1. The Morgan fingerprint density at radius 3 is 2.18 bits per heavy atom. The van der Waals surface area contributed by atoms with Crippen LogP contribution in [0.2, 0.25) is 5.02 Å². The minimum atomic E-state index is -1.08. The third kappa shape index (κ3) is 3.83. The Labute approximate surface area is 131 Å². The number of amides is 3.